The van der Waals surface area contributed by atoms with Gasteiger partial charge in [0.15, 0.2) is 0 Å². The molecule has 0 fully saturated rings. The Labute approximate surface area is 126 Å². The van der Waals surface area contributed by atoms with Gasteiger partial charge in [0, 0.05) is 25.3 Å². The number of sulfonamides is 1. The number of carbonyl (C=O) groups excluding carboxylic acids is 1. The minimum Gasteiger partial charge on any atom is -0.399 e. The minimum atomic E-state index is -3.75. The molecule has 7 heteroatoms. The number of hydrogen-bond acceptors (Lipinski definition) is 4. The van der Waals surface area contributed by atoms with E-state index in [-0.39, 0.29) is 16.4 Å². The van der Waals surface area contributed by atoms with Crippen molar-refractivity contribution < 1.29 is 13.2 Å². The third-order valence-electron chi connectivity index (χ3n) is 3.12. The van der Waals surface area contributed by atoms with Crippen molar-refractivity contribution in [2.75, 3.05) is 25.4 Å². The van der Waals surface area contributed by atoms with Gasteiger partial charge in [0.1, 0.15) is 0 Å². The van der Waals surface area contributed by atoms with Crippen LogP contribution in [-0.4, -0.2) is 38.9 Å². The molecule has 1 rings (SSSR count). The predicted molar refractivity (Wildman–Crippen MR) is 83.6 cm³/mol. The maximum Gasteiger partial charge on any atom is 0.255 e. The first-order chi connectivity index (χ1) is 9.87. The zero-order valence-electron chi connectivity index (χ0n) is 12.7. The standard InChI is InChI=1S/C14H23N3O3S/c1-4-9-16-21(19,20)13-10-11(15)7-8-12(13)14(18)17(5-2)6-3/h7-8,10,16H,4-6,9,15H2,1-3H3. The molecule has 0 unspecified atom stereocenters. The molecule has 1 amide bonds. The van der Waals surface area contributed by atoms with Crippen LogP contribution in [0.15, 0.2) is 23.1 Å². The lowest BCUT2D eigenvalue weighted by Gasteiger charge is -2.20. The highest BCUT2D eigenvalue weighted by Gasteiger charge is 2.24. The molecule has 0 aromatic heterocycles. The summed E-state index contributed by atoms with van der Waals surface area (Å²) in [7, 11) is -3.75. The zero-order chi connectivity index (χ0) is 16.0. The molecule has 1 aromatic carbocycles. The van der Waals surface area contributed by atoms with E-state index in [2.05, 4.69) is 4.72 Å². The number of benzene rings is 1. The molecular weight excluding hydrogens is 290 g/mol. The number of nitrogens with one attached hydrogen (secondary N) is 1. The van der Waals surface area contributed by atoms with E-state index in [1.807, 2.05) is 20.8 Å². The quantitative estimate of drug-likeness (QED) is 0.745. The Hall–Kier alpha value is -1.60. The first kappa shape index (κ1) is 17.5. The topological polar surface area (TPSA) is 92.5 Å². The smallest absolute Gasteiger partial charge is 0.255 e. The van der Waals surface area contributed by atoms with Gasteiger partial charge in [0.25, 0.3) is 5.91 Å². The van der Waals surface area contributed by atoms with Gasteiger partial charge < -0.3 is 10.6 Å². The van der Waals surface area contributed by atoms with E-state index in [1.165, 1.54) is 18.2 Å². The largest absolute Gasteiger partial charge is 0.399 e. The van der Waals surface area contributed by atoms with Gasteiger partial charge in [-0.1, -0.05) is 6.92 Å². The second-order valence-corrected chi connectivity index (χ2v) is 6.37. The van der Waals surface area contributed by atoms with Crippen LogP contribution >= 0.6 is 0 Å². The summed E-state index contributed by atoms with van der Waals surface area (Å²) in [4.78, 5) is 14.0. The number of rotatable bonds is 7. The van der Waals surface area contributed by atoms with E-state index in [9.17, 15) is 13.2 Å². The molecule has 0 heterocycles. The van der Waals surface area contributed by atoms with Crippen LogP contribution in [0.5, 0.6) is 0 Å². The Morgan fingerprint density at radius 2 is 1.86 bits per heavy atom. The molecular formula is C14H23N3O3S. The molecule has 0 spiro atoms. The number of amides is 1. The second-order valence-electron chi connectivity index (χ2n) is 4.63. The summed E-state index contributed by atoms with van der Waals surface area (Å²) in [6.45, 7) is 6.91. The minimum absolute atomic E-state index is 0.0622. The van der Waals surface area contributed by atoms with E-state index in [0.717, 1.165) is 0 Å². The summed E-state index contributed by atoms with van der Waals surface area (Å²) in [6, 6.07) is 4.33. The van der Waals surface area contributed by atoms with Gasteiger partial charge in [-0.15, -0.1) is 0 Å². The number of anilines is 1. The lowest BCUT2D eigenvalue weighted by atomic mass is 10.2. The van der Waals surface area contributed by atoms with Crippen LogP contribution < -0.4 is 10.5 Å². The highest BCUT2D eigenvalue weighted by molar-refractivity contribution is 7.89. The van der Waals surface area contributed by atoms with Crippen LogP contribution in [0.2, 0.25) is 0 Å². The molecule has 0 bridgehead atoms. The van der Waals surface area contributed by atoms with Crippen LogP contribution in [0, 0.1) is 0 Å². The SMILES string of the molecule is CCCNS(=O)(=O)c1cc(N)ccc1C(=O)N(CC)CC. The van der Waals surface area contributed by atoms with Gasteiger partial charge in [-0.25, -0.2) is 13.1 Å². The predicted octanol–water partition coefficient (Wildman–Crippen LogP) is 1.44. The molecule has 6 nitrogen and oxygen atoms in total. The van der Waals surface area contributed by atoms with Gasteiger partial charge in [-0.3, -0.25) is 4.79 Å². The van der Waals surface area contributed by atoms with Crippen LogP contribution in [0.4, 0.5) is 5.69 Å². The Morgan fingerprint density at radius 1 is 1.24 bits per heavy atom. The van der Waals surface area contributed by atoms with Gasteiger partial charge in [-0.2, -0.15) is 0 Å². The highest BCUT2D eigenvalue weighted by Crippen LogP contribution is 2.21. The molecule has 0 radical (unpaired) electrons. The number of nitrogens with two attached hydrogens (primary N) is 1. The lowest BCUT2D eigenvalue weighted by molar-refractivity contribution is 0.0769. The fourth-order valence-electron chi connectivity index (χ4n) is 1.93. The molecule has 1 aromatic rings. The Bertz CT molecular complexity index is 595. The summed E-state index contributed by atoms with van der Waals surface area (Å²) in [5.74, 6) is -0.308. The van der Waals surface area contributed by atoms with Gasteiger partial charge in [-0.05, 0) is 38.5 Å². The molecule has 0 atom stereocenters. The first-order valence-corrected chi connectivity index (χ1v) is 8.54. The Morgan fingerprint density at radius 3 is 2.38 bits per heavy atom. The van der Waals surface area contributed by atoms with Crippen molar-refractivity contribution in [3.8, 4) is 0 Å². The van der Waals surface area contributed by atoms with E-state index >= 15 is 0 Å². The highest BCUT2D eigenvalue weighted by atomic mass is 32.2. The van der Waals surface area contributed by atoms with Crippen molar-refractivity contribution in [2.45, 2.75) is 32.1 Å². The zero-order valence-corrected chi connectivity index (χ0v) is 13.5. The van der Waals surface area contributed by atoms with E-state index in [1.54, 1.807) is 4.90 Å². The summed E-state index contributed by atoms with van der Waals surface area (Å²) in [5.41, 5.74) is 6.13. The molecule has 0 saturated carbocycles. The third kappa shape index (κ3) is 4.18. The summed E-state index contributed by atoms with van der Waals surface area (Å²) >= 11 is 0. The number of hydrogen-bond donors (Lipinski definition) is 2. The van der Waals surface area contributed by atoms with Crippen molar-refractivity contribution in [3.05, 3.63) is 23.8 Å². The van der Waals surface area contributed by atoms with Crippen molar-refractivity contribution >= 4 is 21.6 Å². The maximum absolute atomic E-state index is 12.5. The van der Waals surface area contributed by atoms with Crippen LogP contribution in [0.1, 0.15) is 37.6 Å². The average molecular weight is 313 g/mol. The first-order valence-electron chi connectivity index (χ1n) is 7.05. The summed E-state index contributed by atoms with van der Waals surface area (Å²) in [6.07, 6.45) is 0.668. The van der Waals surface area contributed by atoms with E-state index in [4.69, 9.17) is 5.73 Å². The monoisotopic (exact) mass is 313 g/mol. The molecule has 0 aliphatic carbocycles. The normalized spacial score (nSPS) is 11.4. The molecule has 3 N–H and O–H groups in total. The Balaban J connectivity index is 3.32. The molecule has 0 aliphatic heterocycles. The maximum atomic E-state index is 12.5. The fraction of sp³-hybridized carbons (Fsp3) is 0.500. The van der Waals surface area contributed by atoms with E-state index < -0.39 is 10.0 Å². The summed E-state index contributed by atoms with van der Waals surface area (Å²) in [5, 5.41) is 0. The van der Waals surface area contributed by atoms with Crippen LogP contribution in [0.3, 0.4) is 0 Å². The van der Waals surface area contributed by atoms with Gasteiger partial charge in [0.2, 0.25) is 10.0 Å². The van der Waals surface area contributed by atoms with Crippen molar-refractivity contribution in [3.63, 3.8) is 0 Å². The van der Waals surface area contributed by atoms with Crippen molar-refractivity contribution in [2.24, 2.45) is 0 Å². The molecule has 0 saturated heterocycles. The van der Waals surface area contributed by atoms with Crippen LogP contribution in [-0.2, 0) is 10.0 Å². The average Bonchev–Trinajstić information content (AvgIpc) is 2.46. The number of nitrogens with zero attached hydrogens (tertiary/aromatic N) is 1. The third-order valence-corrected chi connectivity index (χ3v) is 4.62. The number of nitrogen functional groups attached to an aromatic ring is 1. The molecule has 0 aliphatic rings. The molecule has 21 heavy (non-hydrogen) atoms. The number of carbonyl (C=O) groups is 1. The van der Waals surface area contributed by atoms with Crippen molar-refractivity contribution in [1.29, 1.82) is 0 Å². The van der Waals surface area contributed by atoms with Gasteiger partial charge >= 0.3 is 0 Å². The second kappa shape index (κ2) is 7.42. The van der Waals surface area contributed by atoms with Crippen molar-refractivity contribution in [1.82, 2.24) is 9.62 Å². The lowest BCUT2D eigenvalue weighted by Crippen LogP contribution is -2.33. The Kier molecular flexibility index (Phi) is 6.17. The van der Waals surface area contributed by atoms with Gasteiger partial charge in [0.05, 0.1) is 10.5 Å². The fourth-order valence-corrected chi connectivity index (χ4v) is 3.30. The van der Waals surface area contributed by atoms with Crippen LogP contribution in [0.25, 0.3) is 0 Å². The van der Waals surface area contributed by atoms with E-state index in [0.29, 0.717) is 31.7 Å². The molecule has 118 valence electrons. The summed E-state index contributed by atoms with van der Waals surface area (Å²) < 4.78 is 27.1.